The number of allylic oxidation sites excluding steroid dienone is 1. The van der Waals surface area contributed by atoms with Gasteiger partial charge in [0, 0.05) is 12.5 Å². The van der Waals surface area contributed by atoms with E-state index in [1.54, 1.807) is 12.1 Å². The molecule has 0 aliphatic rings. The number of carbonyl (C=O) groups excluding carboxylic acids is 1. The molecular formula is C15H11FO5. The lowest BCUT2D eigenvalue weighted by Crippen LogP contribution is -2.05. The summed E-state index contributed by atoms with van der Waals surface area (Å²) in [6.45, 7) is 0. The van der Waals surface area contributed by atoms with Gasteiger partial charge in [-0.05, 0) is 23.8 Å². The minimum absolute atomic E-state index is 0.145. The van der Waals surface area contributed by atoms with Crippen molar-refractivity contribution >= 4 is 11.8 Å². The van der Waals surface area contributed by atoms with Crippen LogP contribution in [0.25, 0.3) is 0 Å². The highest BCUT2D eigenvalue weighted by molar-refractivity contribution is 6.08. The maximum Gasteiger partial charge on any atom is 0.371 e. The van der Waals surface area contributed by atoms with Crippen LogP contribution in [0.1, 0.15) is 21.7 Å². The molecule has 6 heteroatoms. The van der Waals surface area contributed by atoms with Gasteiger partial charge in [-0.2, -0.15) is 0 Å². The van der Waals surface area contributed by atoms with Gasteiger partial charge in [0.05, 0.1) is 11.8 Å². The third-order valence-electron chi connectivity index (χ3n) is 2.78. The summed E-state index contributed by atoms with van der Waals surface area (Å²) < 4.78 is 18.0. The first-order valence-corrected chi connectivity index (χ1v) is 5.96. The first-order chi connectivity index (χ1) is 9.97. The fourth-order valence-electron chi connectivity index (χ4n) is 1.75. The molecule has 0 unspecified atom stereocenters. The summed E-state index contributed by atoms with van der Waals surface area (Å²) in [4.78, 5) is 22.3. The number of aliphatic hydroxyl groups excluding tert-OH is 1. The van der Waals surface area contributed by atoms with Gasteiger partial charge in [-0.3, -0.25) is 4.79 Å². The first-order valence-electron chi connectivity index (χ1n) is 5.96. The van der Waals surface area contributed by atoms with Crippen LogP contribution in [0.4, 0.5) is 4.39 Å². The molecule has 0 radical (unpaired) electrons. The highest BCUT2D eigenvalue weighted by atomic mass is 19.1. The van der Waals surface area contributed by atoms with E-state index in [-0.39, 0.29) is 17.8 Å². The SMILES string of the molecule is O=C(O)/C(O)=C/C(=O)c1ccoc1Cc1ccc(F)cc1. The van der Waals surface area contributed by atoms with Crippen molar-refractivity contribution < 1.29 is 28.6 Å². The molecular weight excluding hydrogens is 279 g/mol. The summed E-state index contributed by atoms with van der Waals surface area (Å²) in [5, 5.41) is 17.6. The predicted octanol–water partition coefficient (Wildman–Crippen LogP) is 2.72. The molecule has 0 atom stereocenters. The van der Waals surface area contributed by atoms with E-state index in [9.17, 15) is 14.0 Å². The van der Waals surface area contributed by atoms with Gasteiger partial charge in [0.25, 0.3) is 0 Å². The van der Waals surface area contributed by atoms with Crippen molar-refractivity contribution in [3.05, 3.63) is 71.1 Å². The van der Waals surface area contributed by atoms with E-state index in [1.807, 2.05) is 0 Å². The number of carboxylic acids is 1. The molecule has 0 amide bonds. The predicted molar refractivity (Wildman–Crippen MR) is 70.6 cm³/mol. The summed E-state index contributed by atoms with van der Waals surface area (Å²) in [6, 6.07) is 7.06. The summed E-state index contributed by atoms with van der Waals surface area (Å²) >= 11 is 0. The largest absolute Gasteiger partial charge is 0.502 e. The topological polar surface area (TPSA) is 87.7 Å². The average Bonchev–Trinajstić information content (AvgIpc) is 2.89. The average molecular weight is 290 g/mol. The summed E-state index contributed by atoms with van der Waals surface area (Å²) in [6.07, 6.45) is 2.15. The molecule has 108 valence electrons. The number of ketones is 1. The monoisotopic (exact) mass is 290 g/mol. The Morgan fingerprint density at radius 3 is 2.43 bits per heavy atom. The van der Waals surface area contributed by atoms with Crippen LogP contribution in [-0.4, -0.2) is 22.0 Å². The number of furan rings is 1. The summed E-state index contributed by atoms with van der Waals surface area (Å²) in [5.41, 5.74) is 0.874. The van der Waals surface area contributed by atoms with Crippen LogP contribution < -0.4 is 0 Å². The highest BCUT2D eigenvalue weighted by Gasteiger charge is 2.16. The van der Waals surface area contributed by atoms with Crippen LogP contribution in [0.5, 0.6) is 0 Å². The van der Waals surface area contributed by atoms with Gasteiger partial charge in [0.1, 0.15) is 11.6 Å². The molecule has 0 fully saturated rings. The van der Waals surface area contributed by atoms with Crippen LogP contribution in [0, 0.1) is 5.82 Å². The van der Waals surface area contributed by atoms with Crippen molar-refractivity contribution in [1.82, 2.24) is 0 Å². The normalized spacial score (nSPS) is 11.4. The lowest BCUT2D eigenvalue weighted by Gasteiger charge is -2.01. The number of carbonyl (C=O) groups is 2. The van der Waals surface area contributed by atoms with E-state index < -0.39 is 17.5 Å². The molecule has 0 bridgehead atoms. The highest BCUT2D eigenvalue weighted by Crippen LogP contribution is 2.17. The number of carboxylic acid groups (broad SMARTS) is 1. The second-order valence-electron chi connectivity index (χ2n) is 4.26. The van der Waals surface area contributed by atoms with Gasteiger partial charge in [-0.1, -0.05) is 12.1 Å². The third kappa shape index (κ3) is 3.56. The van der Waals surface area contributed by atoms with Crippen LogP contribution in [-0.2, 0) is 11.2 Å². The van der Waals surface area contributed by atoms with E-state index in [4.69, 9.17) is 14.6 Å². The molecule has 5 nitrogen and oxygen atoms in total. The number of hydrogen-bond donors (Lipinski definition) is 2. The van der Waals surface area contributed by atoms with Crippen molar-refractivity contribution in [2.24, 2.45) is 0 Å². The summed E-state index contributed by atoms with van der Waals surface area (Å²) in [7, 11) is 0. The molecule has 2 rings (SSSR count). The Hall–Kier alpha value is -2.89. The zero-order valence-electron chi connectivity index (χ0n) is 10.7. The molecule has 1 aromatic carbocycles. The van der Waals surface area contributed by atoms with Crippen molar-refractivity contribution in [3.8, 4) is 0 Å². The molecule has 0 saturated carbocycles. The Morgan fingerprint density at radius 2 is 1.81 bits per heavy atom. The number of benzene rings is 1. The molecule has 21 heavy (non-hydrogen) atoms. The van der Waals surface area contributed by atoms with E-state index in [1.165, 1.54) is 24.5 Å². The fraction of sp³-hybridized carbons (Fsp3) is 0.0667. The zero-order chi connectivity index (χ0) is 15.4. The number of aliphatic hydroxyl groups is 1. The quantitative estimate of drug-likeness (QED) is 0.502. The van der Waals surface area contributed by atoms with E-state index in [0.717, 1.165) is 5.56 Å². The third-order valence-corrected chi connectivity index (χ3v) is 2.78. The van der Waals surface area contributed by atoms with Crippen LogP contribution >= 0.6 is 0 Å². The van der Waals surface area contributed by atoms with E-state index in [0.29, 0.717) is 11.8 Å². The minimum atomic E-state index is -1.59. The lowest BCUT2D eigenvalue weighted by atomic mass is 10.0. The smallest absolute Gasteiger partial charge is 0.371 e. The van der Waals surface area contributed by atoms with Gasteiger partial charge in [0.2, 0.25) is 5.76 Å². The Bertz CT molecular complexity index is 697. The molecule has 0 aliphatic heterocycles. The molecule has 0 saturated heterocycles. The van der Waals surface area contributed by atoms with Crippen LogP contribution in [0.2, 0.25) is 0 Å². The van der Waals surface area contributed by atoms with Gasteiger partial charge < -0.3 is 14.6 Å². The van der Waals surface area contributed by atoms with Crippen molar-refractivity contribution in [2.45, 2.75) is 6.42 Å². The summed E-state index contributed by atoms with van der Waals surface area (Å²) in [5.74, 6) is -3.38. The zero-order valence-corrected chi connectivity index (χ0v) is 10.7. The molecule has 0 spiro atoms. The Morgan fingerprint density at radius 1 is 1.14 bits per heavy atom. The number of hydrogen-bond acceptors (Lipinski definition) is 4. The van der Waals surface area contributed by atoms with Crippen molar-refractivity contribution in [3.63, 3.8) is 0 Å². The van der Waals surface area contributed by atoms with Gasteiger partial charge in [-0.25, -0.2) is 9.18 Å². The Labute approximate surface area is 118 Å². The Kier molecular flexibility index (Phi) is 4.18. The van der Waals surface area contributed by atoms with Gasteiger partial charge in [0.15, 0.2) is 5.78 Å². The van der Waals surface area contributed by atoms with Gasteiger partial charge >= 0.3 is 5.97 Å². The lowest BCUT2D eigenvalue weighted by molar-refractivity contribution is -0.135. The van der Waals surface area contributed by atoms with E-state index >= 15 is 0 Å². The van der Waals surface area contributed by atoms with Crippen LogP contribution in [0.3, 0.4) is 0 Å². The number of aliphatic carboxylic acids is 1. The maximum absolute atomic E-state index is 12.8. The molecule has 1 aromatic heterocycles. The van der Waals surface area contributed by atoms with E-state index in [2.05, 4.69) is 0 Å². The second kappa shape index (κ2) is 6.04. The van der Waals surface area contributed by atoms with Crippen molar-refractivity contribution in [1.29, 1.82) is 0 Å². The number of halogens is 1. The first kappa shape index (κ1) is 14.5. The van der Waals surface area contributed by atoms with Crippen molar-refractivity contribution in [2.75, 3.05) is 0 Å². The molecule has 2 N–H and O–H groups in total. The second-order valence-corrected chi connectivity index (χ2v) is 4.26. The fourth-order valence-corrected chi connectivity index (χ4v) is 1.75. The molecule has 0 aliphatic carbocycles. The maximum atomic E-state index is 12.8. The standard InChI is InChI=1S/C15H11FO5/c16-10-3-1-9(2-4-10)7-14-11(5-6-21-14)12(17)8-13(18)15(19)20/h1-6,8,18H,7H2,(H,19,20)/b13-8-. The molecule has 2 aromatic rings. The molecule has 1 heterocycles. The number of rotatable bonds is 5. The Balaban J connectivity index is 2.22. The minimum Gasteiger partial charge on any atom is -0.502 e. The van der Waals surface area contributed by atoms with Crippen LogP contribution in [0.15, 0.2) is 52.8 Å². The van der Waals surface area contributed by atoms with Gasteiger partial charge in [-0.15, -0.1) is 0 Å².